The van der Waals surface area contributed by atoms with Crippen molar-refractivity contribution >= 4 is 11.7 Å². The van der Waals surface area contributed by atoms with E-state index in [1.54, 1.807) is 0 Å². The standard InChI is InChI=1S/C16H22N4O/c17-15(21)12-7-10-3-1-2-4-13(10)19-16(12)20-6-5-11-8-18-9-14(11)20/h7,11,14,18H,1-6,8-9H2,(H2,17,21)/t11-,14+/m0/s1. The first kappa shape index (κ1) is 13.1. The summed E-state index contributed by atoms with van der Waals surface area (Å²) in [6, 6.07) is 2.48. The number of nitrogens with two attached hydrogens (primary N) is 1. The summed E-state index contributed by atoms with van der Waals surface area (Å²) in [7, 11) is 0. The molecule has 3 N–H and O–H groups in total. The molecule has 2 saturated heterocycles. The van der Waals surface area contributed by atoms with Crippen LogP contribution in [-0.2, 0) is 12.8 Å². The van der Waals surface area contributed by atoms with Gasteiger partial charge in [-0.25, -0.2) is 4.98 Å². The Balaban J connectivity index is 1.77. The molecule has 0 radical (unpaired) electrons. The van der Waals surface area contributed by atoms with Crippen LogP contribution in [0.3, 0.4) is 0 Å². The molecule has 2 aliphatic heterocycles. The number of nitrogens with zero attached hydrogens (tertiary/aromatic N) is 2. The van der Waals surface area contributed by atoms with Crippen molar-refractivity contribution in [2.24, 2.45) is 11.7 Å². The third-order valence-electron chi connectivity index (χ3n) is 5.26. The van der Waals surface area contributed by atoms with E-state index in [0.29, 0.717) is 17.5 Å². The summed E-state index contributed by atoms with van der Waals surface area (Å²) in [4.78, 5) is 19.1. The molecular weight excluding hydrogens is 264 g/mol. The van der Waals surface area contributed by atoms with Crippen molar-refractivity contribution in [1.82, 2.24) is 10.3 Å². The topological polar surface area (TPSA) is 71.2 Å². The molecule has 2 atom stereocenters. The smallest absolute Gasteiger partial charge is 0.252 e. The molecule has 112 valence electrons. The molecule has 3 aliphatic rings. The Labute approximate surface area is 124 Å². The van der Waals surface area contributed by atoms with E-state index in [2.05, 4.69) is 10.2 Å². The van der Waals surface area contributed by atoms with Crippen molar-refractivity contribution in [3.8, 4) is 0 Å². The summed E-state index contributed by atoms with van der Waals surface area (Å²) < 4.78 is 0. The van der Waals surface area contributed by atoms with E-state index in [-0.39, 0.29) is 5.91 Å². The van der Waals surface area contributed by atoms with Crippen molar-refractivity contribution in [2.75, 3.05) is 24.5 Å². The largest absolute Gasteiger partial charge is 0.365 e. The fourth-order valence-electron chi connectivity index (χ4n) is 4.14. The van der Waals surface area contributed by atoms with Gasteiger partial charge in [-0.1, -0.05) is 0 Å². The van der Waals surface area contributed by atoms with Gasteiger partial charge in [0.2, 0.25) is 0 Å². The van der Waals surface area contributed by atoms with Gasteiger partial charge >= 0.3 is 0 Å². The summed E-state index contributed by atoms with van der Waals surface area (Å²) in [5.74, 6) is 1.17. The number of carbonyl (C=O) groups is 1. The normalized spacial score (nSPS) is 27.5. The van der Waals surface area contributed by atoms with Crippen molar-refractivity contribution in [3.63, 3.8) is 0 Å². The monoisotopic (exact) mass is 286 g/mol. The van der Waals surface area contributed by atoms with Crippen LogP contribution in [0.5, 0.6) is 0 Å². The Morgan fingerprint density at radius 3 is 3.05 bits per heavy atom. The van der Waals surface area contributed by atoms with E-state index < -0.39 is 0 Å². The SMILES string of the molecule is NC(=O)c1cc2c(nc1N1CC[C@H]3CNC[C@H]31)CCCC2. The highest BCUT2D eigenvalue weighted by Gasteiger charge is 2.39. The Morgan fingerprint density at radius 2 is 2.19 bits per heavy atom. The second-order valence-electron chi connectivity index (χ2n) is 6.50. The first-order valence-electron chi connectivity index (χ1n) is 8.04. The number of primary amides is 1. The van der Waals surface area contributed by atoms with Crippen LogP contribution >= 0.6 is 0 Å². The molecule has 1 aromatic heterocycles. The summed E-state index contributed by atoms with van der Waals surface area (Å²) >= 11 is 0. The average Bonchev–Trinajstić information content (AvgIpc) is 3.08. The number of carbonyl (C=O) groups excluding carboxylic acids is 1. The van der Waals surface area contributed by atoms with E-state index >= 15 is 0 Å². The van der Waals surface area contributed by atoms with Crippen LogP contribution in [0.15, 0.2) is 6.07 Å². The summed E-state index contributed by atoms with van der Waals surface area (Å²) in [6.07, 6.45) is 5.61. The van der Waals surface area contributed by atoms with Crippen LogP contribution in [0.2, 0.25) is 0 Å². The number of hydrogen-bond donors (Lipinski definition) is 2. The number of pyridine rings is 1. The average molecular weight is 286 g/mol. The van der Waals surface area contributed by atoms with Gasteiger partial charge in [-0.15, -0.1) is 0 Å². The lowest BCUT2D eigenvalue weighted by Crippen LogP contribution is -2.36. The number of amides is 1. The maximum absolute atomic E-state index is 11.9. The van der Waals surface area contributed by atoms with Gasteiger partial charge in [-0.05, 0) is 49.7 Å². The van der Waals surface area contributed by atoms with Crippen LogP contribution in [0.1, 0.15) is 40.9 Å². The quantitative estimate of drug-likeness (QED) is 0.846. The minimum atomic E-state index is -0.347. The number of rotatable bonds is 2. The molecule has 21 heavy (non-hydrogen) atoms. The second kappa shape index (κ2) is 4.98. The van der Waals surface area contributed by atoms with E-state index in [9.17, 15) is 4.79 Å². The van der Waals surface area contributed by atoms with Crippen molar-refractivity contribution in [1.29, 1.82) is 0 Å². The number of hydrogen-bond acceptors (Lipinski definition) is 4. The third kappa shape index (κ3) is 2.11. The van der Waals surface area contributed by atoms with Crippen molar-refractivity contribution in [2.45, 2.75) is 38.1 Å². The molecule has 0 unspecified atom stereocenters. The highest BCUT2D eigenvalue weighted by molar-refractivity contribution is 5.98. The fourth-order valence-corrected chi connectivity index (χ4v) is 4.14. The third-order valence-corrected chi connectivity index (χ3v) is 5.26. The molecule has 4 rings (SSSR count). The maximum atomic E-state index is 11.9. The van der Waals surface area contributed by atoms with E-state index in [4.69, 9.17) is 10.7 Å². The number of aromatic nitrogens is 1. The highest BCUT2D eigenvalue weighted by Crippen LogP contribution is 2.34. The van der Waals surface area contributed by atoms with Gasteiger partial charge in [0.25, 0.3) is 5.91 Å². The first-order valence-corrected chi connectivity index (χ1v) is 8.04. The molecule has 5 nitrogen and oxygen atoms in total. The number of nitrogens with one attached hydrogen (secondary N) is 1. The first-order chi connectivity index (χ1) is 10.2. The molecule has 1 aromatic rings. The van der Waals surface area contributed by atoms with Crippen LogP contribution in [0, 0.1) is 5.92 Å². The fraction of sp³-hybridized carbons (Fsp3) is 0.625. The molecule has 0 bridgehead atoms. The molecule has 1 amide bonds. The van der Waals surface area contributed by atoms with E-state index in [1.807, 2.05) is 6.07 Å². The Morgan fingerprint density at radius 1 is 1.33 bits per heavy atom. The summed E-state index contributed by atoms with van der Waals surface area (Å²) in [5, 5.41) is 3.45. The minimum Gasteiger partial charge on any atom is -0.365 e. The molecule has 3 heterocycles. The van der Waals surface area contributed by atoms with Gasteiger partial charge in [0.1, 0.15) is 5.82 Å². The number of aryl methyl sites for hydroxylation is 2. The minimum absolute atomic E-state index is 0.347. The molecular formula is C16H22N4O. The van der Waals surface area contributed by atoms with Crippen LogP contribution < -0.4 is 16.0 Å². The summed E-state index contributed by atoms with van der Waals surface area (Å²) in [6.45, 7) is 3.06. The summed E-state index contributed by atoms with van der Waals surface area (Å²) in [5.41, 5.74) is 8.64. The second-order valence-corrected chi connectivity index (χ2v) is 6.50. The van der Waals surface area contributed by atoms with Gasteiger partial charge in [0.15, 0.2) is 0 Å². The van der Waals surface area contributed by atoms with Gasteiger partial charge in [-0.3, -0.25) is 4.79 Å². The molecule has 2 fully saturated rings. The van der Waals surface area contributed by atoms with Gasteiger partial charge in [-0.2, -0.15) is 0 Å². The van der Waals surface area contributed by atoms with Crippen LogP contribution in [-0.4, -0.2) is 36.6 Å². The van der Waals surface area contributed by atoms with Crippen molar-refractivity contribution < 1.29 is 4.79 Å². The lowest BCUT2D eigenvalue weighted by atomic mass is 9.94. The predicted octanol–water partition coefficient (Wildman–Crippen LogP) is 0.857. The molecule has 0 saturated carbocycles. The zero-order chi connectivity index (χ0) is 14.4. The lowest BCUT2D eigenvalue weighted by molar-refractivity contribution is 0.1000. The molecule has 1 aliphatic carbocycles. The highest BCUT2D eigenvalue weighted by atomic mass is 16.1. The Hall–Kier alpha value is -1.62. The van der Waals surface area contributed by atoms with Crippen LogP contribution in [0.4, 0.5) is 5.82 Å². The zero-order valence-electron chi connectivity index (χ0n) is 12.3. The van der Waals surface area contributed by atoms with E-state index in [0.717, 1.165) is 38.3 Å². The predicted molar refractivity (Wildman–Crippen MR) is 81.5 cm³/mol. The maximum Gasteiger partial charge on any atom is 0.252 e. The van der Waals surface area contributed by atoms with E-state index in [1.165, 1.54) is 30.5 Å². The van der Waals surface area contributed by atoms with Crippen LogP contribution in [0.25, 0.3) is 0 Å². The molecule has 0 aromatic carbocycles. The van der Waals surface area contributed by atoms with Gasteiger partial charge in [0.05, 0.1) is 5.56 Å². The Kier molecular flexibility index (Phi) is 3.10. The zero-order valence-corrected chi connectivity index (χ0v) is 12.3. The number of anilines is 1. The molecule has 0 spiro atoms. The lowest BCUT2D eigenvalue weighted by Gasteiger charge is -2.28. The van der Waals surface area contributed by atoms with Gasteiger partial charge in [0, 0.05) is 31.4 Å². The van der Waals surface area contributed by atoms with Gasteiger partial charge < -0.3 is 16.0 Å². The number of fused-ring (bicyclic) bond motifs is 2. The Bertz CT molecular complexity index is 586. The molecule has 5 heteroatoms. The van der Waals surface area contributed by atoms with Crippen molar-refractivity contribution in [3.05, 3.63) is 22.9 Å².